The Morgan fingerprint density at radius 1 is 1.28 bits per heavy atom. The van der Waals surface area contributed by atoms with Gasteiger partial charge in [-0.05, 0) is 44.0 Å². The first kappa shape index (κ1) is 19.1. The number of aromatic nitrogens is 3. The van der Waals surface area contributed by atoms with Gasteiger partial charge in [0.05, 0.1) is 11.9 Å². The van der Waals surface area contributed by atoms with Crippen LogP contribution in [0.1, 0.15) is 27.7 Å². The molecule has 1 amide bonds. The molecule has 3 N–H and O–H groups in total. The molecule has 8 heteroatoms. The van der Waals surface area contributed by atoms with Crippen molar-refractivity contribution in [2.45, 2.75) is 38.1 Å². The first-order chi connectivity index (χ1) is 11.9. The van der Waals surface area contributed by atoms with Crippen molar-refractivity contribution in [1.82, 2.24) is 20.2 Å². The summed E-state index contributed by atoms with van der Waals surface area (Å²) in [5, 5.41) is 11.3. The highest BCUT2D eigenvalue weighted by Gasteiger charge is 2.20. The molecule has 0 unspecified atom stereocenters. The van der Waals surface area contributed by atoms with Crippen LogP contribution in [0.4, 0.5) is 0 Å². The predicted molar refractivity (Wildman–Crippen MR) is 99.9 cm³/mol. The van der Waals surface area contributed by atoms with E-state index in [-0.39, 0.29) is 11.2 Å². The van der Waals surface area contributed by atoms with Crippen LogP contribution in [0.3, 0.4) is 0 Å². The molecule has 0 fully saturated rings. The number of carbonyl (C=O) groups excluding carboxylic acids is 1. The summed E-state index contributed by atoms with van der Waals surface area (Å²) in [5.74, 6) is 7.81. The molecule has 0 spiro atoms. The highest BCUT2D eigenvalue weighted by molar-refractivity contribution is 8.00. The molecule has 1 aromatic heterocycles. The van der Waals surface area contributed by atoms with Crippen molar-refractivity contribution in [3.8, 4) is 17.1 Å². The number of carbonyl (C=O) groups is 1. The molecule has 0 saturated heterocycles. The zero-order valence-electron chi connectivity index (χ0n) is 15.0. The molecule has 2 aromatic rings. The molecule has 0 radical (unpaired) electrons. The molecule has 136 valence electrons. The number of hydrogen-bond acceptors (Lipinski definition) is 6. The van der Waals surface area contributed by atoms with Crippen LogP contribution in [0.5, 0.6) is 5.75 Å². The van der Waals surface area contributed by atoms with Crippen LogP contribution in [-0.2, 0) is 4.79 Å². The fraction of sp³-hybridized carbons (Fsp3) is 0.471. The molecular formula is C17H25N5O2S. The number of benzene rings is 1. The Labute approximate surface area is 152 Å². The largest absolute Gasteiger partial charge is 0.494 e. The minimum absolute atomic E-state index is 0.0377. The zero-order valence-corrected chi connectivity index (χ0v) is 15.8. The maximum atomic E-state index is 12.1. The van der Waals surface area contributed by atoms with Crippen molar-refractivity contribution >= 4 is 17.7 Å². The quantitative estimate of drug-likeness (QED) is 0.552. The van der Waals surface area contributed by atoms with Crippen LogP contribution in [0.15, 0.2) is 29.4 Å². The van der Waals surface area contributed by atoms with Crippen LogP contribution in [0.2, 0.25) is 0 Å². The number of thioether (sulfide) groups is 1. The summed E-state index contributed by atoms with van der Waals surface area (Å²) in [6.07, 6.45) is 0. The smallest absolute Gasteiger partial charge is 0.233 e. The molecule has 0 bridgehead atoms. The third-order valence-corrected chi connectivity index (χ3v) is 4.48. The topological polar surface area (TPSA) is 95.1 Å². The minimum Gasteiger partial charge on any atom is -0.494 e. The van der Waals surface area contributed by atoms with Gasteiger partial charge in [-0.1, -0.05) is 25.6 Å². The highest BCUT2D eigenvalue weighted by atomic mass is 32.2. The number of nitrogens with two attached hydrogens (primary N) is 1. The van der Waals surface area contributed by atoms with Gasteiger partial charge in [-0.3, -0.25) is 4.79 Å². The summed E-state index contributed by atoms with van der Waals surface area (Å²) in [6, 6.07) is 7.49. The summed E-state index contributed by atoms with van der Waals surface area (Å²) in [6.45, 7) is 9.13. The molecule has 0 aliphatic carbocycles. The molecule has 0 aliphatic heterocycles. The van der Waals surface area contributed by atoms with Crippen molar-refractivity contribution < 1.29 is 9.53 Å². The average Bonchev–Trinajstić information content (AvgIpc) is 2.94. The number of rotatable bonds is 8. The van der Waals surface area contributed by atoms with Crippen LogP contribution < -0.4 is 15.9 Å². The van der Waals surface area contributed by atoms with E-state index in [1.807, 2.05) is 38.1 Å². The fourth-order valence-electron chi connectivity index (χ4n) is 2.08. The first-order valence-electron chi connectivity index (χ1n) is 8.30. The van der Waals surface area contributed by atoms with Gasteiger partial charge in [-0.2, -0.15) is 0 Å². The van der Waals surface area contributed by atoms with Crippen LogP contribution in [-0.4, -0.2) is 39.2 Å². The molecule has 25 heavy (non-hydrogen) atoms. The van der Waals surface area contributed by atoms with E-state index in [9.17, 15) is 4.79 Å². The molecule has 1 heterocycles. The Bertz CT molecular complexity index is 700. The monoisotopic (exact) mass is 363 g/mol. The number of ether oxygens (including phenoxy) is 1. The second-order valence-electron chi connectivity index (χ2n) is 6.03. The lowest BCUT2D eigenvalue weighted by molar-refractivity contribution is -0.120. The van der Waals surface area contributed by atoms with Gasteiger partial charge in [0.15, 0.2) is 5.82 Å². The first-order valence-corrected chi connectivity index (χ1v) is 9.18. The lowest BCUT2D eigenvalue weighted by Crippen LogP contribution is -2.33. The molecule has 2 rings (SSSR count). The van der Waals surface area contributed by atoms with Gasteiger partial charge < -0.3 is 15.9 Å². The van der Waals surface area contributed by atoms with Gasteiger partial charge in [0.2, 0.25) is 11.1 Å². The summed E-state index contributed by atoms with van der Waals surface area (Å²) in [7, 11) is 0. The normalized spacial score (nSPS) is 12.2. The number of amides is 1. The number of nitrogens with one attached hydrogen (secondary N) is 1. The Morgan fingerprint density at radius 3 is 2.56 bits per heavy atom. The van der Waals surface area contributed by atoms with Crippen molar-refractivity contribution in [2.75, 3.05) is 19.0 Å². The van der Waals surface area contributed by atoms with Gasteiger partial charge in [0, 0.05) is 12.1 Å². The van der Waals surface area contributed by atoms with E-state index in [0.29, 0.717) is 30.1 Å². The molecule has 7 nitrogen and oxygen atoms in total. The lowest BCUT2D eigenvalue weighted by atomic mass is 10.2. The van der Waals surface area contributed by atoms with E-state index < -0.39 is 0 Å². The predicted octanol–water partition coefficient (Wildman–Crippen LogP) is 2.31. The van der Waals surface area contributed by atoms with Gasteiger partial charge in [-0.15, -0.1) is 10.2 Å². The Kier molecular flexibility index (Phi) is 6.69. The Morgan fingerprint density at radius 2 is 1.96 bits per heavy atom. The van der Waals surface area contributed by atoms with Gasteiger partial charge in [0.1, 0.15) is 5.75 Å². The lowest BCUT2D eigenvalue weighted by Gasteiger charge is -2.12. The summed E-state index contributed by atoms with van der Waals surface area (Å²) < 4.78 is 6.84. The Balaban J connectivity index is 2.06. The van der Waals surface area contributed by atoms with E-state index in [0.717, 1.165) is 11.3 Å². The van der Waals surface area contributed by atoms with Crippen molar-refractivity contribution in [3.63, 3.8) is 0 Å². The maximum absolute atomic E-state index is 12.1. The number of nitrogen functional groups attached to an aromatic ring is 1. The highest BCUT2D eigenvalue weighted by Crippen LogP contribution is 2.26. The van der Waals surface area contributed by atoms with Gasteiger partial charge in [-0.25, -0.2) is 4.68 Å². The zero-order chi connectivity index (χ0) is 18.4. The summed E-state index contributed by atoms with van der Waals surface area (Å²) in [4.78, 5) is 12.1. The summed E-state index contributed by atoms with van der Waals surface area (Å²) >= 11 is 1.28. The van der Waals surface area contributed by atoms with Crippen LogP contribution in [0.25, 0.3) is 11.4 Å². The average molecular weight is 363 g/mol. The minimum atomic E-state index is -0.307. The second-order valence-corrected chi connectivity index (χ2v) is 7.34. The summed E-state index contributed by atoms with van der Waals surface area (Å²) in [5.41, 5.74) is 0.835. The molecule has 1 atom stereocenters. The maximum Gasteiger partial charge on any atom is 0.233 e. The SMILES string of the molecule is CCOc1ccc(-c2nnc(S[C@H](C)C(=O)NCC(C)C)n2N)cc1. The third kappa shape index (κ3) is 5.12. The molecule has 0 aliphatic rings. The molecular weight excluding hydrogens is 338 g/mol. The molecule has 0 saturated carbocycles. The van der Waals surface area contributed by atoms with Crippen molar-refractivity contribution in [3.05, 3.63) is 24.3 Å². The van der Waals surface area contributed by atoms with E-state index in [2.05, 4.69) is 29.4 Å². The van der Waals surface area contributed by atoms with Crippen LogP contribution in [0, 0.1) is 5.92 Å². The van der Waals surface area contributed by atoms with Crippen LogP contribution >= 0.6 is 11.8 Å². The fourth-order valence-corrected chi connectivity index (χ4v) is 2.88. The number of hydrogen-bond donors (Lipinski definition) is 2. The Hall–Kier alpha value is -2.22. The third-order valence-electron chi connectivity index (χ3n) is 3.42. The molecule has 1 aromatic carbocycles. The van der Waals surface area contributed by atoms with Crippen molar-refractivity contribution in [1.29, 1.82) is 0 Å². The van der Waals surface area contributed by atoms with E-state index >= 15 is 0 Å². The van der Waals surface area contributed by atoms with Gasteiger partial charge >= 0.3 is 0 Å². The van der Waals surface area contributed by atoms with Crippen molar-refractivity contribution in [2.24, 2.45) is 5.92 Å². The second kappa shape index (κ2) is 8.75. The standard InChI is InChI=1S/C17H25N5O2S/c1-5-24-14-8-6-13(7-9-14)15-20-21-17(22(15)18)25-12(4)16(23)19-10-11(2)3/h6-9,11-12H,5,10,18H2,1-4H3,(H,19,23)/t12-/m1/s1. The van der Waals surface area contributed by atoms with E-state index in [1.54, 1.807) is 0 Å². The van der Waals surface area contributed by atoms with E-state index in [4.69, 9.17) is 10.6 Å². The van der Waals surface area contributed by atoms with Gasteiger partial charge in [0.25, 0.3) is 0 Å². The van der Waals surface area contributed by atoms with E-state index in [1.165, 1.54) is 16.4 Å². The number of nitrogens with zero attached hydrogens (tertiary/aromatic N) is 3.